The van der Waals surface area contributed by atoms with Crippen molar-refractivity contribution in [3.8, 4) is 0 Å². The minimum absolute atomic E-state index is 0.235. The van der Waals surface area contributed by atoms with Crippen LogP contribution in [0.25, 0.3) is 0 Å². The van der Waals surface area contributed by atoms with E-state index in [4.69, 9.17) is 10.5 Å². The summed E-state index contributed by atoms with van der Waals surface area (Å²) in [5.41, 5.74) is 9.49. The summed E-state index contributed by atoms with van der Waals surface area (Å²) in [6.07, 6.45) is 11.4. The molecule has 1 aliphatic heterocycles. The first-order valence-electron chi connectivity index (χ1n) is 6.87. The van der Waals surface area contributed by atoms with Crippen LogP contribution >= 0.6 is 0 Å². The Morgan fingerprint density at radius 1 is 1.06 bits per heavy atom. The number of rotatable bonds is 0. The number of hydrogen-bond acceptors (Lipinski definition) is 2. The second-order valence-corrected chi connectivity index (χ2v) is 5.89. The molecule has 1 saturated heterocycles. The molecule has 2 N–H and O–H groups in total. The molecular weight excluding hydrogens is 198 g/mol. The van der Waals surface area contributed by atoms with Crippen molar-refractivity contribution in [3.05, 3.63) is 11.1 Å². The van der Waals surface area contributed by atoms with E-state index >= 15 is 0 Å². The molecule has 2 heteroatoms. The fourth-order valence-corrected chi connectivity index (χ4v) is 3.60. The van der Waals surface area contributed by atoms with Gasteiger partial charge in [0.2, 0.25) is 0 Å². The van der Waals surface area contributed by atoms with Crippen LogP contribution in [0, 0.1) is 0 Å². The van der Waals surface area contributed by atoms with E-state index < -0.39 is 0 Å². The fourth-order valence-electron chi connectivity index (χ4n) is 3.60. The number of hydrogen-bond donors (Lipinski definition) is 1. The summed E-state index contributed by atoms with van der Waals surface area (Å²) < 4.78 is 6.12. The maximum atomic E-state index is 6.12. The third kappa shape index (κ3) is 1.93. The fraction of sp³-hybridized carbons (Fsp3) is 0.857. The maximum absolute atomic E-state index is 6.12. The first kappa shape index (κ1) is 10.8. The van der Waals surface area contributed by atoms with Crippen LogP contribution in [-0.2, 0) is 4.74 Å². The van der Waals surface area contributed by atoms with Gasteiger partial charge < -0.3 is 10.5 Å². The van der Waals surface area contributed by atoms with E-state index in [0.717, 1.165) is 19.4 Å². The summed E-state index contributed by atoms with van der Waals surface area (Å²) in [7, 11) is 0. The Morgan fingerprint density at radius 3 is 2.50 bits per heavy atom. The van der Waals surface area contributed by atoms with Crippen LogP contribution in [-0.4, -0.2) is 18.2 Å². The minimum atomic E-state index is 0.235. The van der Waals surface area contributed by atoms with Crippen molar-refractivity contribution in [2.45, 2.75) is 69.4 Å². The molecule has 1 heterocycles. The predicted molar refractivity (Wildman–Crippen MR) is 65.2 cm³/mol. The largest absolute Gasteiger partial charge is 0.374 e. The van der Waals surface area contributed by atoms with E-state index in [9.17, 15) is 0 Å². The predicted octanol–water partition coefficient (Wildman–Crippen LogP) is 2.92. The lowest BCUT2D eigenvalue weighted by Crippen LogP contribution is -2.40. The van der Waals surface area contributed by atoms with E-state index in [1.54, 1.807) is 11.1 Å². The monoisotopic (exact) mass is 221 g/mol. The van der Waals surface area contributed by atoms with Crippen molar-refractivity contribution in [1.29, 1.82) is 0 Å². The van der Waals surface area contributed by atoms with Gasteiger partial charge in [-0.2, -0.15) is 0 Å². The van der Waals surface area contributed by atoms with Crippen molar-refractivity contribution >= 4 is 0 Å². The third-order valence-corrected chi connectivity index (χ3v) is 4.63. The highest BCUT2D eigenvalue weighted by Gasteiger charge is 2.38. The van der Waals surface area contributed by atoms with Gasteiger partial charge in [0.05, 0.1) is 12.2 Å². The van der Waals surface area contributed by atoms with Crippen LogP contribution in [0.4, 0.5) is 0 Å². The van der Waals surface area contributed by atoms with E-state index in [1.165, 1.54) is 44.9 Å². The van der Waals surface area contributed by atoms with E-state index in [1.807, 2.05) is 0 Å². The zero-order valence-electron chi connectivity index (χ0n) is 10.1. The summed E-state index contributed by atoms with van der Waals surface area (Å²) in [5, 5.41) is 0. The molecular formula is C14H23NO. The summed E-state index contributed by atoms with van der Waals surface area (Å²) in [6, 6.07) is 0.452. The first-order chi connectivity index (χ1) is 7.77. The smallest absolute Gasteiger partial charge is 0.0719 e. The molecule has 3 rings (SSSR count). The lowest BCUT2D eigenvalue weighted by molar-refractivity contribution is -0.0845. The molecule has 3 fully saturated rings. The topological polar surface area (TPSA) is 35.2 Å². The second kappa shape index (κ2) is 4.15. The molecule has 0 bridgehead atoms. The van der Waals surface area contributed by atoms with E-state index in [-0.39, 0.29) is 5.60 Å². The Balaban J connectivity index is 1.72. The summed E-state index contributed by atoms with van der Waals surface area (Å²) in [5.74, 6) is 0. The quantitative estimate of drug-likeness (QED) is 0.638. The Morgan fingerprint density at radius 2 is 1.81 bits per heavy atom. The Bertz CT molecular complexity index is 288. The molecule has 16 heavy (non-hydrogen) atoms. The van der Waals surface area contributed by atoms with Crippen LogP contribution in [0.15, 0.2) is 11.1 Å². The van der Waals surface area contributed by atoms with Gasteiger partial charge in [0.15, 0.2) is 0 Å². The number of nitrogens with two attached hydrogens (primary N) is 1. The average Bonchev–Trinajstić information content (AvgIpc) is 2.26. The normalized spacial score (nSPS) is 33.9. The highest BCUT2D eigenvalue weighted by molar-refractivity contribution is 5.26. The van der Waals surface area contributed by atoms with Crippen molar-refractivity contribution in [2.24, 2.45) is 5.73 Å². The van der Waals surface area contributed by atoms with E-state index in [0.29, 0.717) is 6.04 Å². The van der Waals surface area contributed by atoms with Crippen LogP contribution in [0.3, 0.4) is 0 Å². The van der Waals surface area contributed by atoms with Crippen molar-refractivity contribution in [1.82, 2.24) is 0 Å². The molecule has 2 saturated carbocycles. The van der Waals surface area contributed by atoms with Crippen LogP contribution in [0.2, 0.25) is 0 Å². The molecule has 0 aromatic heterocycles. The van der Waals surface area contributed by atoms with Gasteiger partial charge in [-0.1, -0.05) is 30.4 Å². The Kier molecular flexibility index (Phi) is 2.80. The molecule has 90 valence electrons. The number of ether oxygens (including phenoxy) is 1. The molecule has 0 aromatic rings. The molecule has 3 aliphatic rings. The Labute approximate surface area is 98.2 Å². The molecule has 1 spiro atoms. The standard InChI is InChI=1S/C14H23NO/c15-13-8-12(9-13)11-4-7-16-14(10-11)5-2-1-3-6-14/h13H,1-10,15H2. The van der Waals surface area contributed by atoms with Crippen LogP contribution in [0.5, 0.6) is 0 Å². The van der Waals surface area contributed by atoms with Gasteiger partial charge in [-0.25, -0.2) is 0 Å². The summed E-state index contributed by atoms with van der Waals surface area (Å²) in [6.45, 7) is 0.952. The van der Waals surface area contributed by atoms with Crippen LogP contribution < -0.4 is 5.73 Å². The van der Waals surface area contributed by atoms with Gasteiger partial charge in [0, 0.05) is 6.04 Å². The Hall–Kier alpha value is -0.340. The van der Waals surface area contributed by atoms with Crippen LogP contribution in [0.1, 0.15) is 57.8 Å². The molecule has 0 amide bonds. The van der Waals surface area contributed by atoms with Gasteiger partial charge in [0.25, 0.3) is 0 Å². The zero-order valence-corrected chi connectivity index (χ0v) is 10.1. The molecule has 0 radical (unpaired) electrons. The molecule has 2 aliphatic carbocycles. The lowest BCUT2D eigenvalue weighted by atomic mass is 9.74. The zero-order chi connectivity index (χ0) is 11.0. The molecule has 2 nitrogen and oxygen atoms in total. The minimum Gasteiger partial charge on any atom is -0.374 e. The maximum Gasteiger partial charge on any atom is 0.0719 e. The van der Waals surface area contributed by atoms with Gasteiger partial charge in [0.1, 0.15) is 0 Å². The van der Waals surface area contributed by atoms with Gasteiger partial charge >= 0.3 is 0 Å². The third-order valence-electron chi connectivity index (χ3n) is 4.63. The molecule has 0 atom stereocenters. The first-order valence-corrected chi connectivity index (χ1v) is 6.87. The molecule has 0 aromatic carbocycles. The van der Waals surface area contributed by atoms with E-state index in [2.05, 4.69) is 0 Å². The SMILES string of the molecule is NC1CC(=C2CCOC3(CCCCC3)C2)C1. The average molecular weight is 221 g/mol. The lowest BCUT2D eigenvalue weighted by Gasteiger charge is -2.43. The summed E-state index contributed by atoms with van der Waals surface area (Å²) in [4.78, 5) is 0. The van der Waals surface area contributed by atoms with Crippen molar-refractivity contribution in [3.63, 3.8) is 0 Å². The van der Waals surface area contributed by atoms with Gasteiger partial charge in [-0.05, 0) is 38.5 Å². The highest BCUT2D eigenvalue weighted by Crippen LogP contribution is 2.43. The van der Waals surface area contributed by atoms with Crippen molar-refractivity contribution in [2.75, 3.05) is 6.61 Å². The highest BCUT2D eigenvalue weighted by atomic mass is 16.5. The second-order valence-electron chi connectivity index (χ2n) is 5.89. The molecule has 0 unspecified atom stereocenters. The summed E-state index contributed by atoms with van der Waals surface area (Å²) >= 11 is 0. The van der Waals surface area contributed by atoms with Crippen molar-refractivity contribution < 1.29 is 4.74 Å². The van der Waals surface area contributed by atoms with Gasteiger partial charge in [-0.3, -0.25) is 0 Å². The van der Waals surface area contributed by atoms with Gasteiger partial charge in [-0.15, -0.1) is 0 Å².